The van der Waals surface area contributed by atoms with Crippen LogP contribution in [0, 0.1) is 0 Å². The molecule has 0 saturated heterocycles. The summed E-state index contributed by atoms with van der Waals surface area (Å²) in [6, 6.07) is 15.2. The van der Waals surface area contributed by atoms with E-state index in [0.717, 1.165) is 37.6 Å². The van der Waals surface area contributed by atoms with Crippen LogP contribution in [0.4, 0.5) is 0 Å². The molecule has 1 aromatic heterocycles. The SMILES string of the molecule is O=C(O)CCCCCCC/C=C\CCCCCCCCc1cccc2ccc3cccnc3c12. The van der Waals surface area contributed by atoms with E-state index in [9.17, 15) is 4.79 Å². The Morgan fingerprint density at radius 2 is 1.32 bits per heavy atom. The van der Waals surface area contributed by atoms with Crippen molar-refractivity contribution in [2.75, 3.05) is 0 Å². The molecule has 1 N–H and O–H groups in total. The minimum absolute atomic E-state index is 0.319. The number of carboxylic acids is 1. The van der Waals surface area contributed by atoms with E-state index in [2.05, 4.69) is 53.5 Å². The van der Waals surface area contributed by atoms with Crippen molar-refractivity contribution in [3.05, 3.63) is 66.4 Å². The molecule has 0 unspecified atom stereocenters. The second kappa shape index (κ2) is 15.3. The number of aliphatic carboxylic acids is 1. The second-order valence-corrected chi connectivity index (χ2v) is 9.49. The Balaban J connectivity index is 1.22. The minimum atomic E-state index is -0.671. The highest BCUT2D eigenvalue weighted by Gasteiger charge is 2.06. The maximum atomic E-state index is 10.5. The van der Waals surface area contributed by atoms with Crippen molar-refractivity contribution in [2.24, 2.45) is 0 Å². The van der Waals surface area contributed by atoms with Crippen LogP contribution < -0.4 is 0 Å². The lowest BCUT2D eigenvalue weighted by atomic mass is 9.97. The number of unbranched alkanes of at least 4 members (excludes halogenated alkanes) is 11. The third-order valence-electron chi connectivity index (χ3n) is 6.70. The number of pyridine rings is 1. The monoisotopic (exact) mass is 459 g/mol. The Labute approximate surface area is 205 Å². The first-order chi connectivity index (χ1) is 16.8. The van der Waals surface area contributed by atoms with Crippen LogP contribution in [0.1, 0.15) is 95.5 Å². The predicted octanol–water partition coefficient (Wildman–Crippen LogP) is 9.03. The van der Waals surface area contributed by atoms with Gasteiger partial charge in [0, 0.05) is 23.4 Å². The number of rotatable bonds is 17. The lowest BCUT2D eigenvalue weighted by Crippen LogP contribution is -1.93. The Hall–Kier alpha value is -2.68. The molecular weight excluding hydrogens is 418 g/mol. The van der Waals surface area contributed by atoms with Crippen molar-refractivity contribution in [3.63, 3.8) is 0 Å². The Morgan fingerprint density at radius 3 is 2.06 bits per heavy atom. The fourth-order valence-corrected chi connectivity index (χ4v) is 4.79. The number of hydrogen-bond acceptors (Lipinski definition) is 2. The number of nitrogens with zero attached hydrogens (tertiary/aromatic N) is 1. The number of carboxylic acid groups (broad SMARTS) is 1. The van der Waals surface area contributed by atoms with Gasteiger partial charge in [0.1, 0.15) is 0 Å². The summed E-state index contributed by atoms with van der Waals surface area (Å²) in [6.07, 6.45) is 23.7. The van der Waals surface area contributed by atoms with Crippen molar-refractivity contribution < 1.29 is 9.90 Å². The van der Waals surface area contributed by atoms with E-state index in [0.29, 0.717) is 6.42 Å². The fourth-order valence-electron chi connectivity index (χ4n) is 4.79. The number of benzene rings is 2. The van der Waals surface area contributed by atoms with Crippen LogP contribution in [-0.4, -0.2) is 16.1 Å². The van der Waals surface area contributed by atoms with Crippen molar-refractivity contribution in [1.29, 1.82) is 0 Å². The third-order valence-corrected chi connectivity index (χ3v) is 6.70. The number of fused-ring (bicyclic) bond motifs is 3. The molecule has 0 radical (unpaired) electrons. The molecular formula is C31H41NO2. The normalized spacial score (nSPS) is 11.6. The molecule has 0 fully saturated rings. The molecule has 3 nitrogen and oxygen atoms in total. The van der Waals surface area contributed by atoms with Gasteiger partial charge in [0.2, 0.25) is 0 Å². The zero-order valence-corrected chi connectivity index (χ0v) is 20.7. The Kier molecular flexibility index (Phi) is 11.6. The summed E-state index contributed by atoms with van der Waals surface area (Å²) < 4.78 is 0. The van der Waals surface area contributed by atoms with Crippen LogP contribution in [0.25, 0.3) is 21.7 Å². The molecule has 0 aliphatic carbocycles. The van der Waals surface area contributed by atoms with E-state index >= 15 is 0 Å². The summed E-state index contributed by atoms with van der Waals surface area (Å²) in [5.74, 6) is -0.671. The molecule has 34 heavy (non-hydrogen) atoms. The summed E-state index contributed by atoms with van der Waals surface area (Å²) >= 11 is 0. The summed E-state index contributed by atoms with van der Waals surface area (Å²) in [4.78, 5) is 15.1. The molecule has 0 aliphatic heterocycles. The third kappa shape index (κ3) is 8.93. The molecule has 0 aliphatic rings. The van der Waals surface area contributed by atoms with Crippen molar-refractivity contribution in [2.45, 2.75) is 96.3 Å². The van der Waals surface area contributed by atoms with E-state index in [4.69, 9.17) is 5.11 Å². The molecule has 2 aromatic carbocycles. The van der Waals surface area contributed by atoms with E-state index in [1.165, 1.54) is 79.5 Å². The first-order valence-electron chi connectivity index (χ1n) is 13.4. The molecule has 3 rings (SSSR count). The number of aryl methyl sites for hydroxylation is 1. The highest BCUT2D eigenvalue weighted by Crippen LogP contribution is 2.28. The lowest BCUT2D eigenvalue weighted by Gasteiger charge is -2.09. The van der Waals surface area contributed by atoms with E-state index in [1.54, 1.807) is 0 Å². The molecule has 0 atom stereocenters. The number of hydrogen-bond donors (Lipinski definition) is 1. The topological polar surface area (TPSA) is 50.2 Å². The van der Waals surface area contributed by atoms with Gasteiger partial charge in [0.25, 0.3) is 0 Å². The van der Waals surface area contributed by atoms with E-state index < -0.39 is 5.97 Å². The van der Waals surface area contributed by atoms with E-state index in [1.807, 2.05) is 12.3 Å². The van der Waals surface area contributed by atoms with Gasteiger partial charge in [-0.05, 0) is 62.0 Å². The predicted molar refractivity (Wildman–Crippen MR) is 144 cm³/mol. The Bertz CT molecular complexity index is 1040. The van der Waals surface area contributed by atoms with E-state index in [-0.39, 0.29) is 0 Å². The van der Waals surface area contributed by atoms with Crippen LogP contribution in [0.3, 0.4) is 0 Å². The number of allylic oxidation sites excluding steroid dienone is 2. The van der Waals surface area contributed by atoms with Gasteiger partial charge in [-0.2, -0.15) is 0 Å². The quantitative estimate of drug-likeness (QED) is 0.124. The summed E-state index contributed by atoms with van der Waals surface area (Å²) in [5.41, 5.74) is 2.58. The van der Waals surface area contributed by atoms with Crippen LogP contribution in [0.5, 0.6) is 0 Å². The molecule has 3 aromatic rings. The van der Waals surface area contributed by atoms with Gasteiger partial charge >= 0.3 is 5.97 Å². The second-order valence-electron chi connectivity index (χ2n) is 9.49. The van der Waals surface area contributed by atoms with Crippen molar-refractivity contribution in [3.8, 4) is 0 Å². The zero-order valence-electron chi connectivity index (χ0n) is 20.7. The van der Waals surface area contributed by atoms with Gasteiger partial charge < -0.3 is 5.11 Å². The fraction of sp³-hybridized carbons (Fsp3) is 0.484. The van der Waals surface area contributed by atoms with Gasteiger partial charge in [-0.25, -0.2) is 0 Å². The summed E-state index contributed by atoms with van der Waals surface area (Å²) in [6.45, 7) is 0. The molecule has 3 heteroatoms. The van der Waals surface area contributed by atoms with Gasteiger partial charge in [0.15, 0.2) is 0 Å². The van der Waals surface area contributed by atoms with Crippen LogP contribution in [-0.2, 0) is 11.2 Å². The van der Waals surface area contributed by atoms with Gasteiger partial charge in [-0.1, -0.05) is 93.5 Å². The molecule has 0 spiro atoms. The molecule has 1 heterocycles. The maximum absolute atomic E-state index is 10.5. The average Bonchev–Trinajstić information content (AvgIpc) is 2.85. The molecule has 0 saturated carbocycles. The maximum Gasteiger partial charge on any atom is 0.303 e. The summed E-state index contributed by atoms with van der Waals surface area (Å²) in [7, 11) is 0. The first kappa shape index (κ1) is 25.9. The minimum Gasteiger partial charge on any atom is -0.481 e. The average molecular weight is 460 g/mol. The highest BCUT2D eigenvalue weighted by molar-refractivity contribution is 6.06. The zero-order chi connectivity index (χ0) is 23.8. The lowest BCUT2D eigenvalue weighted by molar-refractivity contribution is -0.137. The van der Waals surface area contributed by atoms with Gasteiger partial charge in [-0.3, -0.25) is 9.78 Å². The van der Waals surface area contributed by atoms with Gasteiger partial charge in [0.05, 0.1) is 5.52 Å². The smallest absolute Gasteiger partial charge is 0.303 e. The molecule has 0 amide bonds. The van der Waals surface area contributed by atoms with Crippen LogP contribution in [0.15, 0.2) is 60.8 Å². The van der Waals surface area contributed by atoms with Crippen LogP contribution >= 0.6 is 0 Å². The van der Waals surface area contributed by atoms with Gasteiger partial charge in [-0.15, -0.1) is 0 Å². The largest absolute Gasteiger partial charge is 0.481 e. The van der Waals surface area contributed by atoms with Crippen molar-refractivity contribution in [1.82, 2.24) is 4.98 Å². The molecule has 182 valence electrons. The number of aromatic nitrogens is 1. The molecule has 0 bridgehead atoms. The number of carbonyl (C=O) groups is 1. The summed E-state index contributed by atoms with van der Waals surface area (Å²) in [5, 5.41) is 12.5. The Morgan fingerprint density at radius 1 is 0.706 bits per heavy atom. The van der Waals surface area contributed by atoms with Crippen molar-refractivity contribution >= 4 is 27.6 Å². The first-order valence-corrected chi connectivity index (χ1v) is 13.4. The highest BCUT2D eigenvalue weighted by atomic mass is 16.4. The standard InChI is InChI=1S/C31H41NO2/c33-29(34)22-15-13-11-9-7-5-3-1-2-4-6-8-10-12-14-18-26-19-16-20-27-23-24-28-21-17-25-32-31(28)30(26)27/h1,3,16-17,19-21,23-25H,2,4-15,18,22H2,(H,33,34)/b3-1-. The van der Waals surface area contributed by atoms with Crippen LogP contribution in [0.2, 0.25) is 0 Å².